The monoisotopic (exact) mass is 442 g/mol. The van der Waals surface area contributed by atoms with Crippen molar-refractivity contribution in [1.82, 2.24) is 0 Å². The third-order valence-electron chi connectivity index (χ3n) is 0.825. The van der Waals surface area contributed by atoms with E-state index in [1.54, 1.807) is 0 Å². The second-order valence-corrected chi connectivity index (χ2v) is 10.1. The molecule has 0 heterocycles. The summed E-state index contributed by atoms with van der Waals surface area (Å²) >= 11 is 0. The summed E-state index contributed by atoms with van der Waals surface area (Å²) in [5, 5.41) is 0. The standard InChI is InChI=1S/Na.H7O16P5.H/c;1-17(2,3)13-20(10,11)16-21(12,14-18(4,5)6)15-19(7,8)9;/h;(H,10,11)(H2,1,2,3)(H2,4,5,6)(H2,7,8,9);. The Morgan fingerprint density at radius 3 is 1.00 bits per heavy atom. The van der Waals surface area contributed by atoms with Crippen molar-refractivity contribution in [1.29, 1.82) is 0 Å². The van der Waals surface area contributed by atoms with Crippen molar-refractivity contribution in [2.24, 2.45) is 0 Å². The van der Waals surface area contributed by atoms with Crippen molar-refractivity contribution >= 4 is 68.7 Å². The van der Waals surface area contributed by atoms with E-state index in [9.17, 15) is 22.8 Å². The molecule has 1 atom stereocenters. The summed E-state index contributed by atoms with van der Waals surface area (Å²) in [5.74, 6) is 0. The van der Waals surface area contributed by atoms with E-state index in [0.29, 0.717) is 0 Å². The molecule has 130 valence electrons. The molecular weight excluding hydrogens is 434 g/mol. The topological polar surface area (TPSA) is 264 Å². The number of hydrogen-bond donors (Lipinski definition) is 7. The van der Waals surface area contributed by atoms with Crippen molar-refractivity contribution in [3.8, 4) is 0 Å². The molecule has 1 unspecified atom stereocenters. The minimum atomic E-state index is -6.18. The molecule has 0 saturated carbocycles. The fraction of sp³-hybridized carbons (Fsp3) is 0. The predicted octanol–water partition coefficient (Wildman–Crippen LogP) is -1.11. The van der Waals surface area contributed by atoms with Crippen LogP contribution in [-0.4, -0.2) is 63.8 Å². The Morgan fingerprint density at radius 1 is 0.500 bits per heavy atom. The van der Waals surface area contributed by atoms with Gasteiger partial charge >= 0.3 is 68.7 Å². The van der Waals surface area contributed by atoms with E-state index in [-0.39, 0.29) is 29.6 Å². The third-order valence-corrected chi connectivity index (χ3v) is 7.43. The van der Waals surface area contributed by atoms with E-state index in [1.807, 2.05) is 0 Å². The normalized spacial score (nSPS) is 16.7. The molecule has 22 heteroatoms. The van der Waals surface area contributed by atoms with Gasteiger partial charge in [-0.2, -0.15) is 17.2 Å². The van der Waals surface area contributed by atoms with Crippen LogP contribution in [0.15, 0.2) is 0 Å². The molecule has 0 saturated heterocycles. The fourth-order valence-corrected chi connectivity index (χ4v) is 6.30. The molecule has 0 aromatic heterocycles. The third kappa shape index (κ3) is 14.1. The van der Waals surface area contributed by atoms with Gasteiger partial charge in [0.2, 0.25) is 0 Å². The number of hydrogen-bond acceptors (Lipinski definition) is 9. The zero-order chi connectivity index (χ0) is 17.3. The van der Waals surface area contributed by atoms with Crippen LogP contribution in [0.5, 0.6) is 0 Å². The molecule has 16 nitrogen and oxygen atoms in total. The summed E-state index contributed by atoms with van der Waals surface area (Å²) < 4.78 is 66.3. The van der Waals surface area contributed by atoms with Crippen LogP contribution in [0.25, 0.3) is 0 Å². The Kier molecular flexibility index (Phi) is 9.90. The quantitative estimate of drug-likeness (QED) is 0.173. The summed E-state index contributed by atoms with van der Waals surface area (Å²) in [5.41, 5.74) is 0. The molecule has 0 aromatic carbocycles. The molecule has 0 amide bonds. The second-order valence-electron chi connectivity index (χ2n) is 2.71. The molecule has 0 bridgehead atoms. The molecule has 0 aliphatic rings. The first-order valence-electron chi connectivity index (χ1n) is 3.77. The molecular formula is H8NaO16P5. The maximum absolute atomic E-state index is 11.4. The van der Waals surface area contributed by atoms with Gasteiger partial charge < -0.3 is 34.3 Å². The number of rotatable bonds is 8. The van der Waals surface area contributed by atoms with Crippen molar-refractivity contribution in [3.63, 3.8) is 0 Å². The molecule has 0 rings (SSSR count). The van der Waals surface area contributed by atoms with Crippen LogP contribution in [0.4, 0.5) is 0 Å². The van der Waals surface area contributed by atoms with E-state index in [1.165, 1.54) is 0 Å². The first-order valence-corrected chi connectivity index (χ1v) is 11.3. The molecule has 0 radical (unpaired) electrons. The van der Waals surface area contributed by atoms with Gasteiger partial charge in [0, 0.05) is 0 Å². The number of phosphoric acid groups is 5. The summed E-state index contributed by atoms with van der Waals surface area (Å²) in [6.07, 6.45) is 0. The fourth-order valence-electron chi connectivity index (χ4n) is 0.581. The van der Waals surface area contributed by atoms with E-state index in [2.05, 4.69) is 17.2 Å². The van der Waals surface area contributed by atoms with Crippen molar-refractivity contribution in [2.75, 3.05) is 0 Å². The van der Waals surface area contributed by atoms with Crippen molar-refractivity contribution in [2.45, 2.75) is 0 Å². The molecule has 7 N–H and O–H groups in total. The minimum absolute atomic E-state index is 0. The van der Waals surface area contributed by atoms with Crippen LogP contribution in [-0.2, 0) is 40.1 Å². The molecule has 0 aliphatic carbocycles. The average molecular weight is 442 g/mol. The van der Waals surface area contributed by atoms with Gasteiger partial charge in [0.25, 0.3) is 0 Å². The zero-order valence-electron chi connectivity index (χ0n) is 9.04. The van der Waals surface area contributed by atoms with Gasteiger partial charge in [-0.05, 0) is 0 Å². The van der Waals surface area contributed by atoms with Gasteiger partial charge in [0.05, 0.1) is 0 Å². The average Bonchev–Trinajstić information content (AvgIpc) is 1.83. The Balaban J connectivity index is 0. The van der Waals surface area contributed by atoms with Crippen LogP contribution >= 0.6 is 39.1 Å². The van der Waals surface area contributed by atoms with Gasteiger partial charge in [-0.25, -0.2) is 22.8 Å². The van der Waals surface area contributed by atoms with E-state index in [0.717, 1.165) is 0 Å². The predicted molar refractivity (Wildman–Crippen MR) is 65.1 cm³/mol. The van der Waals surface area contributed by atoms with E-state index in [4.69, 9.17) is 34.3 Å². The summed E-state index contributed by atoms with van der Waals surface area (Å²) in [6, 6.07) is 0. The van der Waals surface area contributed by atoms with Crippen LogP contribution in [0.3, 0.4) is 0 Å². The molecule has 0 aliphatic heterocycles. The van der Waals surface area contributed by atoms with Gasteiger partial charge in [-0.15, -0.1) is 0 Å². The SMILES string of the molecule is O=P(O)(O)OP(=O)(O)OP(=O)(OP(=O)(O)O)OP(=O)(O)O.[NaH]. The van der Waals surface area contributed by atoms with Crippen molar-refractivity contribution < 1.29 is 74.3 Å². The van der Waals surface area contributed by atoms with E-state index < -0.39 is 39.1 Å². The van der Waals surface area contributed by atoms with Gasteiger partial charge in [0.15, 0.2) is 0 Å². The Labute approximate surface area is 143 Å². The first-order chi connectivity index (χ1) is 8.83. The Bertz CT molecular complexity index is 568. The maximum atomic E-state index is 11.4. The van der Waals surface area contributed by atoms with Crippen LogP contribution in [0.1, 0.15) is 0 Å². The Hall–Kier alpha value is 1.71. The van der Waals surface area contributed by atoms with Gasteiger partial charge in [-0.3, -0.25) is 0 Å². The summed E-state index contributed by atoms with van der Waals surface area (Å²) in [6.45, 7) is 0. The van der Waals surface area contributed by atoms with Crippen molar-refractivity contribution in [3.05, 3.63) is 0 Å². The van der Waals surface area contributed by atoms with Gasteiger partial charge in [0.1, 0.15) is 0 Å². The zero-order valence-corrected chi connectivity index (χ0v) is 13.5. The van der Waals surface area contributed by atoms with Crippen LogP contribution in [0, 0.1) is 0 Å². The molecule has 0 spiro atoms. The molecule has 22 heavy (non-hydrogen) atoms. The summed E-state index contributed by atoms with van der Waals surface area (Å²) in [7, 11) is -29.7. The Morgan fingerprint density at radius 2 is 0.773 bits per heavy atom. The first kappa shape index (κ1) is 25.9. The second kappa shape index (κ2) is 8.39. The van der Waals surface area contributed by atoms with Crippen LogP contribution in [0.2, 0.25) is 0 Å². The molecule has 0 fully saturated rings. The van der Waals surface area contributed by atoms with E-state index >= 15 is 0 Å². The molecule has 0 aromatic rings. The van der Waals surface area contributed by atoms with Gasteiger partial charge in [-0.1, -0.05) is 0 Å². The summed E-state index contributed by atoms with van der Waals surface area (Å²) in [4.78, 5) is 58.5. The van der Waals surface area contributed by atoms with Crippen LogP contribution < -0.4 is 0 Å².